The predicted molar refractivity (Wildman–Crippen MR) is 210 cm³/mol. The highest BCUT2D eigenvalue weighted by Crippen LogP contribution is 2.68. The Morgan fingerprint density at radius 3 is 1.85 bits per heavy atom. The Kier molecular flexibility index (Phi) is 17.2. The quantitative estimate of drug-likeness (QED) is 0.0739. The van der Waals surface area contributed by atoms with E-state index >= 15 is 0 Å². The maximum atomic E-state index is 13.7. The molecule has 0 saturated heterocycles. The van der Waals surface area contributed by atoms with Gasteiger partial charge in [0, 0.05) is 44.0 Å². The van der Waals surface area contributed by atoms with Crippen LogP contribution in [0.1, 0.15) is 156 Å². The van der Waals surface area contributed by atoms with Crippen LogP contribution < -0.4 is 33.2 Å². The smallest absolute Gasteiger partial charge is 0.220 e. The molecule has 4 rings (SSSR count). The summed E-state index contributed by atoms with van der Waals surface area (Å²) in [5.41, 5.74) is 17.1. The maximum absolute atomic E-state index is 13.7. The van der Waals surface area contributed by atoms with E-state index in [4.69, 9.17) is 17.2 Å². The molecule has 4 fully saturated rings. The van der Waals surface area contributed by atoms with Crippen molar-refractivity contribution in [2.45, 2.75) is 174 Å². The number of nitrogens with two attached hydrogens (primary N) is 3. The largest absolute Gasteiger partial charge is 0.396 e. The van der Waals surface area contributed by atoms with Gasteiger partial charge in [-0.3, -0.25) is 14.4 Å². The SMILES string of the molecule is C[C@H](CCCO)C1CC[C@H]2C3C(NC(=O)CCCCCN)CC4CC(NC(=O)CCCCCN)CCC4(C)[C@H]3CC(NC(=O)CCCCCN)C12C. The first-order chi connectivity index (χ1) is 25.0. The van der Waals surface area contributed by atoms with E-state index in [0.29, 0.717) is 74.4 Å². The van der Waals surface area contributed by atoms with Gasteiger partial charge in [-0.05, 0) is 162 Å². The number of rotatable bonds is 22. The van der Waals surface area contributed by atoms with Crippen molar-refractivity contribution in [3.8, 4) is 0 Å². The third kappa shape index (κ3) is 10.5. The zero-order chi connectivity index (χ0) is 37.7. The molecule has 4 aliphatic rings. The zero-order valence-electron chi connectivity index (χ0n) is 33.3. The van der Waals surface area contributed by atoms with Gasteiger partial charge in [-0.2, -0.15) is 0 Å². The molecule has 52 heavy (non-hydrogen) atoms. The van der Waals surface area contributed by atoms with Crippen molar-refractivity contribution in [2.24, 2.45) is 63.5 Å². The fourth-order valence-electron chi connectivity index (χ4n) is 12.0. The van der Waals surface area contributed by atoms with Gasteiger partial charge in [-0.25, -0.2) is 0 Å². The van der Waals surface area contributed by atoms with Crippen molar-refractivity contribution < 1.29 is 19.5 Å². The summed E-state index contributed by atoms with van der Waals surface area (Å²) in [5.74, 6) is 2.84. The Hall–Kier alpha value is -1.75. The Balaban J connectivity index is 1.62. The van der Waals surface area contributed by atoms with E-state index in [2.05, 4.69) is 36.7 Å². The van der Waals surface area contributed by atoms with Gasteiger partial charge >= 0.3 is 0 Å². The molecule has 4 aliphatic carbocycles. The molecule has 0 aliphatic heterocycles. The average molecular weight is 731 g/mol. The lowest BCUT2D eigenvalue weighted by atomic mass is 9.42. The number of fused-ring (bicyclic) bond motifs is 5. The predicted octanol–water partition coefficient (Wildman–Crippen LogP) is 5.29. The number of hydrogen-bond donors (Lipinski definition) is 7. The summed E-state index contributed by atoms with van der Waals surface area (Å²) in [7, 11) is 0. The number of aliphatic hydroxyl groups is 1. The highest BCUT2D eigenvalue weighted by atomic mass is 16.3. The molecule has 0 bridgehead atoms. The number of unbranched alkanes of at least 4 members (excludes halogenated alkanes) is 6. The lowest BCUT2D eigenvalue weighted by Gasteiger charge is -2.65. The van der Waals surface area contributed by atoms with Crippen molar-refractivity contribution in [3.63, 3.8) is 0 Å². The third-order valence-corrected chi connectivity index (χ3v) is 14.8. The monoisotopic (exact) mass is 731 g/mol. The van der Waals surface area contributed by atoms with Gasteiger partial charge in [-0.15, -0.1) is 0 Å². The second-order valence-electron chi connectivity index (χ2n) is 18.0. The summed E-state index contributed by atoms with van der Waals surface area (Å²) in [6, 6.07) is 0.309. The van der Waals surface area contributed by atoms with Crippen LogP contribution in [0, 0.1) is 46.3 Å². The van der Waals surface area contributed by atoms with E-state index in [9.17, 15) is 19.5 Å². The van der Waals surface area contributed by atoms with Crippen LogP contribution in [0.3, 0.4) is 0 Å². The van der Waals surface area contributed by atoms with E-state index in [-0.39, 0.29) is 53.3 Å². The summed E-state index contributed by atoms with van der Waals surface area (Å²) in [5, 5.41) is 20.5. The maximum Gasteiger partial charge on any atom is 0.220 e. The molecule has 10 heteroatoms. The van der Waals surface area contributed by atoms with Crippen LogP contribution in [0.15, 0.2) is 0 Å². The number of aliphatic hydroxyl groups excluding tert-OH is 1. The molecule has 3 amide bonds. The third-order valence-electron chi connectivity index (χ3n) is 14.8. The number of nitrogens with one attached hydrogen (secondary N) is 3. The van der Waals surface area contributed by atoms with Crippen LogP contribution in [0.25, 0.3) is 0 Å². The average Bonchev–Trinajstić information content (AvgIpc) is 3.48. The summed E-state index contributed by atoms with van der Waals surface area (Å²) < 4.78 is 0. The van der Waals surface area contributed by atoms with Crippen molar-refractivity contribution in [2.75, 3.05) is 26.2 Å². The minimum Gasteiger partial charge on any atom is -0.396 e. The van der Waals surface area contributed by atoms with Gasteiger partial charge in [0.15, 0.2) is 0 Å². The van der Waals surface area contributed by atoms with Crippen molar-refractivity contribution >= 4 is 17.7 Å². The summed E-state index contributed by atoms with van der Waals surface area (Å²) in [4.78, 5) is 40.4. The molecule has 300 valence electrons. The minimum absolute atomic E-state index is 0.0685. The van der Waals surface area contributed by atoms with Gasteiger partial charge in [-0.1, -0.05) is 40.0 Å². The number of carbonyl (C=O) groups excluding carboxylic acids is 3. The molecule has 0 aromatic heterocycles. The molecule has 0 aromatic carbocycles. The van der Waals surface area contributed by atoms with Gasteiger partial charge in [0.25, 0.3) is 0 Å². The zero-order valence-corrected chi connectivity index (χ0v) is 33.3. The van der Waals surface area contributed by atoms with E-state index in [1.807, 2.05) is 0 Å². The van der Waals surface area contributed by atoms with Gasteiger partial charge < -0.3 is 38.3 Å². The lowest BCUT2D eigenvalue weighted by Crippen LogP contribution is -2.67. The number of carbonyl (C=O) groups is 3. The standard InChI is InChI=1S/C42H78N6O4/c1-29(14-13-25-49)32-18-19-33-40-34(28-36(42(32,33)3)48-39(52)17-9-6-12-24-45)41(2)21-20-31(46-37(50)15-7-4-10-22-43)26-30(41)27-35(40)47-38(51)16-8-5-11-23-44/h29-36,40,49H,4-28,43-45H2,1-3H3,(H,46,50)(H,47,51)(H,48,52)/t29-,30?,31?,32?,33+,34+,35?,36?,40?,41?,42?/m1/s1. The van der Waals surface area contributed by atoms with E-state index in [1.165, 1.54) is 0 Å². The molecule has 0 radical (unpaired) electrons. The Bertz CT molecular complexity index is 1120. The van der Waals surface area contributed by atoms with Gasteiger partial charge in [0.2, 0.25) is 17.7 Å². The first-order valence-corrected chi connectivity index (χ1v) is 21.6. The first-order valence-electron chi connectivity index (χ1n) is 21.6. The second kappa shape index (κ2) is 20.8. The molecule has 0 heterocycles. The van der Waals surface area contributed by atoms with E-state index < -0.39 is 0 Å². The van der Waals surface area contributed by atoms with Crippen LogP contribution in [-0.4, -0.2) is 67.2 Å². The van der Waals surface area contributed by atoms with Gasteiger partial charge in [0.05, 0.1) is 0 Å². The first kappa shape index (κ1) is 43.0. The second-order valence-corrected chi connectivity index (χ2v) is 18.0. The van der Waals surface area contributed by atoms with Crippen LogP contribution in [-0.2, 0) is 14.4 Å². The summed E-state index contributed by atoms with van der Waals surface area (Å²) in [6.07, 6.45) is 18.9. The lowest BCUT2D eigenvalue weighted by molar-refractivity contribution is -0.154. The Morgan fingerprint density at radius 1 is 0.692 bits per heavy atom. The highest BCUT2D eigenvalue weighted by molar-refractivity contribution is 5.77. The molecule has 11 atom stereocenters. The Labute approximate surface area is 316 Å². The fourth-order valence-corrected chi connectivity index (χ4v) is 12.0. The normalized spacial score (nSPS) is 34.4. The topological polar surface area (TPSA) is 186 Å². The molecule has 0 aromatic rings. The van der Waals surface area contributed by atoms with E-state index in [0.717, 1.165) is 116 Å². The summed E-state index contributed by atoms with van der Waals surface area (Å²) in [6.45, 7) is 9.53. The van der Waals surface area contributed by atoms with Crippen LogP contribution >= 0.6 is 0 Å². The van der Waals surface area contributed by atoms with E-state index in [1.54, 1.807) is 0 Å². The van der Waals surface area contributed by atoms with Crippen molar-refractivity contribution in [3.05, 3.63) is 0 Å². The molecule has 4 saturated carbocycles. The van der Waals surface area contributed by atoms with Gasteiger partial charge in [0.1, 0.15) is 0 Å². The van der Waals surface area contributed by atoms with Crippen LogP contribution in [0.2, 0.25) is 0 Å². The molecular weight excluding hydrogens is 652 g/mol. The minimum atomic E-state index is -0.0919. The molecule has 8 unspecified atom stereocenters. The molecule has 0 spiro atoms. The number of hydrogen-bond acceptors (Lipinski definition) is 7. The van der Waals surface area contributed by atoms with Crippen molar-refractivity contribution in [1.29, 1.82) is 0 Å². The Morgan fingerprint density at radius 2 is 1.27 bits per heavy atom. The van der Waals surface area contributed by atoms with Crippen LogP contribution in [0.4, 0.5) is 0 Å². The molecule has 10 nitrogen and oxygen atoms in total. The highest BCUT2D eigenvalue weighted by Gasteiger charge is 2.66. The fraction of sp³-hybridized carbons (Fsp3) is 0.929. The van der Waals surface area contributed by atoms with Crippen LogP contribution in [0.5, 0.6) is 0 Å². The molecule has 10 N–H and O–H groups in total. The molecular formula is C42H78N6O4. The van der Waals surface area contributed by atoms with Crippen molar-refractivity contribution in [1.82, 2.24) is 16.0 Å². The summed E-state index contributed by atoms with van der Waals surface area (Å²) >= 11 is 0. The number of amides is 3.